The maximum atomic E-state index is 12.1. The minimum absolute atomic E-state index is 0.0734. The summed E-state index contributed by atoms with van der Waals surface area (Å²) in [6.45, 7) is 3.52. The lowest BCUT2D eigenvalue weighted by molar-refractivity contribution is 0.0827. The summed E-state index contributed by atoms with van der Waals surface area (Å²) in [5, 5.41) is 20.0. The fraction of sp³-hybridized carbons (Fsp3) is 0.174. The van der Waals surface area contributed by atoms with Gasteiger partial charge in [-0.1, -0.05) is 23.3 Å². The van der Waals surface area contributed by atoms with Gasteiger partial charge in [0.15, 0.2) is 0 Å². The molecule has 0 bridgehead atoms. The molecular weight excluding hydrogens is 406 g/mol. The number of hydrogen-bond donors (Lipinski definition) is 2. The van der Waals surface area contributed by atoms with Gasteiger partial charge in [-0.25, -0.2) is 4.99 Å². The van der Waals surface area contributed by atoms with Crippen LogP contribution in [0.25, 0.3) is 5.70 Å². The van der Waals surface area contributed by atoms with Crippen LogP contribution in [0.2, 0.25) is 0 Å². The molecule has 0 fully saturated rings. The molecule has 0 saturated heterocycles. The van der Waals surface area contributed by atoms with Gasteiger partial charge in [0.05, 0.1) is 11.6 Å². The molecule has 0 atom stereocenters. The monoisotopic (exact) mass is 429 g/mol. The lowest BCUT2D eigenvalue weighted by Gasteiger charge is -2.10. The van der Waals surface area contributed by atoms with E-state index in [0.29, 0.717) is 33.9 Å². The van der Waals surface area contributed by atoms with E-state index >= 15 is 0 Å². The number of hydrogen-bond acceptors (Lipinski definition) is 8. The van der Waals surface area contributed by atoms with Gasteiger partial charge in [-0.15, -0.1) is 5.10 Å². The summed E-state index contributed by atoms with van der Waals surface area (Å²) in [7, 11) is 3.41. The van der Waals surface area contributed by atoms with Crippen LogP contribution in [0.3, 0.4) is 0 Å². The molecule has 0 unspecified atom stereocenters. The van der Waals surface area contributed by atoms with Crippen molar-refractivity contribution < 1.29 is 9.21 Å². The molecule has 162 valence electrons. The standard InChI is InChI=1S/C23H23N7O2/c1-14(25)20(26-15(2)17-8-10-18(11-9-17)22(31)30(3)4)21-28-29-23(32-21)27-19-7-5-6-16(12-19)13-24/h5-12H,25H2,1-4H3,(H,27,29)/b20-14+,26-15+. The van der Waals surface area contributed by atoms with Gasteiger partial charge in [0, 0.05) is 36.8 Å². The second-order valence-corrected chi connectivity index (χ2v) is 7.24. The van der Waals surface area contributed by atoms with Crippen molar-refractivity contribution in [2.75, 3.05) is 19.4 Å². The number of nitrogens with two attached hydrogens (primary N) is 1. The van der Waals surface area contributed by atoms with Gasteiger partial charge in [-0.3, -0.25) is 4.79 Å². The van der Waals surface area contributed by atoms with Crippen molar-refractivity contribution >= 4 is 29.0 Å². The fourth-order valence-corrected chi connectivity index (χ4v) is 2.81. The van der Waals surface area contributed by atoms with Crippen LogP contribution in [0.5, 0.6) is 0 Å². The van der Waals surface area contributed by atoms with E-state index in [9.17, 15) is 4.79 Å². The lowest BCUT2D eigenvalue weighted by atomic mass is 10.1. The number of nitrogens with zero attached hydrogens (tertiary/aromatic N) is 5. The average Bonchev–Trinajstić information content (AvgIpc) is 3.24. The molecule has 0 aliphatic carbocycles. The Morgan fingerprint density at radius 2 is 1.81 bits per heavy atom. The molecule has 0 radical (unpaired) electrons. The van der Waals surface area contributed by atoms with Crippen molar-refractivity contribution in [3.05, 3.63) is 76.8 Å². The third-order valence-corrected chi connectivity index (χ3v) is 4.48. The number of allylic oxidation sites excluding steroid dienone is 1. The van der Waals surface area contributed by atoms with Crippen LogP contribution in [0, 0.1) is 11.3 Å². The van der Waals surface area contributed by atoms with Gasteiger partial charge in [-0.05, 0) is 49.7 Å². The minimum Gasteiger partial charge on any atom is -0.401 e. The highest BCUT2D eigenvalue weighted by Crippen LogP contribution is 2.23. The topological polar surface area (TPSA) is 133 Å². The number of amides is 1. The van der Waals surface area contributed by atoms with Crippen LogP contribution in [0.1, 0.15) is 41.2 Å². The number of carbonyl (C=O) groups is 1. The van der Waals surface area contributed by atoms with Crippen LogP contribution in [0.15, 0.2) is 63.6 Å². The molecule has 0 aliphatic heterocycles. The molecule has 9 nitrogen and oxygen atoms in total. The summed E-state index contributed by atoms with van der Waals surface area (Å²) in [6.07, 6.45) is 0. The zero-order valence-corrected chi connectivity index (χ0v) is 18.2. The molecule has 3 aromatic rings. The summed E-state index contributed by atoms with van der Waals surface area (Å²) in [6, 6.07) is 16.3. The van der Waals surface area contributed by atoms with E-state index in [1.54, 1.807) is 57.4 Å². The number of aromatic nitrogens is 2. The highest BCUT2D eigenvalue weighted by atomic mass is 16.4. The average molecular weight is 429 g/mol. The third kappa shape index (κ3) is 5.17. The second-order valence-electron chi connectivity index (χ2n) is 7.24. The van der Waals surface area contributed by atoms with Gasteiger partial charge in [0.2, 0.25) is 0 Å². The zero-order valence-electron chi connectivity index (χ0n) is 18.2. The van der Waals surface area contributed by atoms with E-state index < -0.39 is 0 Å². The first kappa shape index (κ1) is 22.2. The first-order valence-electron chi connectivity index (χ1n) is 9.73. The lowest BCUT2D eigenvalue weighted by Crippen LogP contribution is -2.21. The Labute approximate surface area is 185 Å². The Morgan fingerprint density at radius 3 is 2.44 bits per heavy atom. The van der Waals surface area contributed by atoms with Gasteiger partial charge < -0.3 is 20.4 Å². The van der Waals surface area contributed by atoms with Gasteiger partial charge in [0.1, 0.15) is 5.70 Å². The highest BCUT2D eigenvalue weighted by molar-refractivity contribution is 6.02. The van der Waals surface area contributed by atoms with Gasteiger partial charge in [-0.2, -0.15) is 5.26 Å². The molecule has 0 saturated carbocycles. The Bertz CT molecular complexity index is 1230. The molecule has 0 aliphatic rings. The van der Waals surface area contributed by atoms with E-state index in [1.165, 1.54) is 4.90 Å². The highest BCUT2D eigenvalue weighted by Gasteiger charge is 2.15. The summed E-state index contributed by atoms with van der Waals surface area (Å²) in [5.41, 5.74) is 10.0. The molecule has 1 aromatic heterocycles. The van der Waals surface area contributed by atoms with Gasteiger partial charge in [0.25, 0.3) is 11.8 Å². The maximum absolute atomic E-state index is 12.1. The number of aliphatic imine (C=N–C) groups is 1. The van der Waals surface area contributed by atoms with E-state index in [-0.39, 0.29) is 17.8 Å². The molecule has 9 heteroatoms. The summed E-state index contributed by atoms with van der Waals surface area (Å²) >= 11 is 0. The largest absolute Gasteiger partial charge is 0.401 e. The van der Waals surface area contributed by atoms with Crippen molar-refractivity contribution in [3.63, 3.8) is 0 Å². The number of benzene rings is 2. The smallest absolute Gasteiger partial charge is 0.320 e. The molecule has 3 N–H and O–H groups in total. The molecule has 3 rings (SSSR count). The molecule has 1 amide bonds. The van der Waals surface area contributed by atoms with Crippen LogP contribution in [-0.4, -0.2) is 40.8 Å². The number of anilines is 2. The van der Waals surface area contributed by atoms with E-state index in [4.69, 9.17) is 15.4 Å². The summed E-state index contributed by atoms with van der Waals surface area (Å²) in [5.74, 6) is 0.0819. The zero-order chi connectivity index (χ0) is 23.3. The van der Waals surface area contributed by atoms with Crippen molar-refractivity contribution in [3.8, 4) is 6.07 Å². The van der Waals surface area contributed by atoms with E-state index in [1.807, 2.05) is 19.1 Å². The predicted molar refractivity (Wildman–Crippen MR) is 122 cm³/mol. The Hall–Kier alpha value is -4.45. The molecule has 1 heterocycles. The molecule has 32 heavy (non-hydrogen) atoms. The Kier molecular flexibility index (Phi) is 6.65. The summed E-state index contributed by atoms with van der Waals surface area (Å²) in [4.78, 5) is 18.2. The fourth-order valence-electron chi connectivity index (χ4n) is 2.81. The van der Waals surface area contributed by atoms with Crippen LogP contribution < -0.4 is 11.1 Å². The minimum atomic E-state index is -0.0734. The van der Waals surface area contributed by atoms with Crippen molar-refractivity contribution in [2.24, 2.45) is 10.7 Å². The van der Waals surface area contributed by atoms with Crippen molar-refractivity contribution in [1.82, 2.24) is 15.1 Å². The number of nitrogens with one attached hydrogen (secondary N) is 1. The quantitative estimate of drug-likeness (QED) is 0.572. The molecular formula is C23H23N7O2. The normalized spacial score (nSPS) is 12.0. The number of rotatable bonds is 6. The van der Waals surface area contributed by atoms with Crippen molar-refractivity contribution in [1.29, 1.82) is 5.26 Å². The maximum Gasteiger partial charge on any atom is 0.320 e. The van der Waals surface area contributed by atoms with Crippen LogP contribution in [0.4, 0.5) is 11.7 Å². The first-order valence-corrected chi connectivity index (χ1v) is 9.73. The Balaban J connectivity index is 1.83. The first-order chi connectivity index (χ1) is 15.3. The van der Waals surface area contributed by atoms with Crippen molar-refractivity contribution in [2.45, 2.75) is 13.8 Å². The molecule has 0 spiro atoms. The van der Waals surface area contributed by atoms with E-state index in [2.05, 4.69) is 26.6 Å². The molecule has 2 aromatic carbocycles. The third-order valence-electron chi connectivity index (χ3n) is 4.48. The second kappa shape index (κ2) is 9.57. The van der Waals surface area contributed by atoms with Crippen LogP contribution in [-0.2, 0) is 0 Å². The van der Waals surface area contributed by atoms with Gasteiger partial charge >= 0.3 is 6.01 Å². The van der Waals surface area contributed by atoms with Crippen LogP contribution >= 0.6 is 0 Å². The SMILES string of the molecule is C/C(=N\C(=C(/C)N)c1nnc(Nc2cccc(C#N)c2)o1)c1ccc(C(=O)N(C)C)cc1. The number of nitriles is 1. The Morgan fingerprint density at radius 1 is 1.12 bits per heavy atom. The number of carbonyl (C=O) groups excluding carboxylic acids is 1. The predicted octanol–water partition coefficient (Wildman–Crippen LogP) is 3.54. The summed E-state index contributed by atoms with van der Waals surface area (Å²) < 4.78 is 5.69. The van der Waals surface area contributed by atoms with E-state index in [0.717, 1.165) is 5.56 Å².